The summed E-state index contributed by atoms with van der Waals surface area (Å²) in [6.45, 7) is 14.7. The molecule has 0 aromatic heterocycles. The molecule has 0 aliphatic carbocycles. The molecule has 0 spiro atoms. The van der Waals surface area contributed by atoms with Gasteiger partial charge in [0.15, 0.2) is 0 Å². The molecule has 0 nitrogen and oxygen atoms in total. The van der Waals surface area contributed by atoms with Crippen LogP contribution in [0.15, 0.2) is 71.8 Å². The van der Waals surface area contributed by atoms with Crippen molar-refractivity contribution in [3.63, 3.8) is 0 Å². The smallest absolute Gasteiger partial charge is 0.0770 e. The van der Waals surface area contributed by atoms with E-state index in [1.807, 2.05) is 0 Å². The van der Waals surface area contributed by atoms with Gasteiger partial charge in [0.25, 0.3) is 0 Å². The van der Waals surface area contributed by atoms with Crippen molar-refractivity contribution >= 4 is 26.5 Å². The lowest BCUT2D eigenvalue weighted by molar-refractivity contribution is 1.18. The van der Waals surface area contributed by atoms with Crippen LogP contribution in [0.2, 0.25) is 38.3 Å². The average Bonchev–Trinajstić information content (AvgIpc) is 2.55. The van der Waals surface area contributed by atoms with Crippen molar-refractivity contribution in [1.82, 2.24) is 0 Å². The predicted molar refractivity (Wildman–Crippen MR) is 115 cm³/mol. The Labute approximate surface area is 150 Å². The molecule has 0 heterocycles. The number of hydrogen-bond acceptors (Lipinski definition) is 0. The summed E-state index contributed by atoms with van der Waals surface area (Å²) in [5.74, 6) is 0. The number of hydrogen-bond donors (Lipinski definition) is 0. The van der Waals surface area contributed by atoms with Gasteiger partial charge in [-0.15, -0.1) is 0 Å². The first-order valence-corrected chi connectivity index (χ1v) is 15.4. The summed E-state index contributed by atoms with van der Waals surface area (Å²) >= 11 is 0. The second-order valence-corrected chi connectivity index (χ2v) is 17.8. The van der Waals surface area contributed by atoms with E-state index in [0.717, 1.165) is 0 Å². The van der Waals surface area contributed by atoms with E-state index in [0.29, 0.717) is 0 Å². The molecule has 0 saturated carbocycles. The van der Waals surface area contributed by atoms with E-state index in [1.54, 1.807) is 21.5 Å². The first-order chi connectivity index (χ1) is 11.2. The number of rotatable bonds is 6. The van der Waals surface area contributed by atoms with Crippen LogP contribution < -0.4 is 10.4 Å². The first-order valence-electron chi connectivity index (χ1n) is 8.99. The van der Waals surface area contributed by atoms with Crippen molar-refractivity contribution in [1.29, 1.82) is 0 Å². The molecule has 0 aliphatic heterocycles. The van der Waals surface area contributed by atoms with Gasteiger partial charge >= 0.3 is 0 Å². The number of benzene rings is 2. The van der Waals surface area contributed by atoms with E-state index >= 15 is 0 Å². The minimum Gasteiger partial charge on any atom is -0.0770 e. The van der Waals surface area contributed by atoms with E-state index < -0.39 is 16.1 Å². The van der Waals surface area contributed by atoms with Crippen LogP contribution in [0.5, 0.6) is 0 Å². The van der Waals surface area contributed by atoms with Gasteiger partial charge in [-0.25, -0.2) is 0 Å². The zero-order chi connectivity index (χ0) is 17.8. The monoisotopic (exact) mass is 352 g/mol. The Kier molecular flexibility index (Phi) is 6.05. The van der Waals surface area contributed by atoms with Crippen LogP contribution in [-0.2, 0) is 0 Å². The Balaban J connectivity index is 2.16. The highest BCUT2D eigenvalue weighted by atomic mass is 28.3. The van der Waals surface area contributed by atoms with Crippen molar-refractivity contribution in [2.24, 2.45) is 0 Å². The molecule has 0 amide bonds. The third-order valence-corrected chi connectivity index (χ3v) is 11.9. The summed E-state index contributed by atoms with van der Waals surface area (Å²) in [6, 6.07) is 24.8. The summed E-state index contributed by atoms with van der Waals surface area (Å²) in [6.07, 6.45) is 0. The first kappa shape index (κ1) is 18.9. The fraction of sp³-hybridized carbons (Fsp3) is 0.364. The maximum Gasteiger partial charge on any atom is 0.0845 e. The predicted octanol–water partition coefficient (Wildman–Crippen LogP) is 5.55. The molecule has 0 unspecified atom stereocenters. The van der Waals surface area contributed by atoms with Crippen molar-refractivity contribution in [3.05, 3.63) is 71.8 Å². The molecule has 0 aliphatic rings. The molecule has 0 radical (unpaired) electrons. The second-order valence-electron chi connectivity index (χ2n) is 8.41. The van der Waals surface area contributed by atoms with Gasteiger partial charge in [0.05, 0.1) is 16.1 Å². The maximum atomic E-state index is 2.50. The van der Waals surface area contributed by atoms with Crippen molar-refractivity contribution in [2.45, 2.75) is 52.1 Å². The Morgan fingerprint density at radius 3 is 1.17 bits per heavy atom. The van der Waals surface area contributed by atoms with Crippen LogP contribution >= 0.6 is 0 Å². The largest absolute Gasteiger partial charge is 0.0845 e. The van der Waals surface area contributed by atoms with E-state index in [-0.39, 0.29) is 0 Å². The molecule has 2 aromatic carbocycles. The van der Waals surface area contributed by atoms with Gasteiger partial charge in [-0.1, -0.05) is 108 Å². The quantitative estimate of drug-likeness (QED) is 0.472. The van der Waals surface area contributed by atoms with E-state index in [1.165, 1.54) is 12.1 Å². The molecular weight excluding hydrogens is 320 g/mol. The molecule has 0 fully saturated rings. The Morgan fingerprint density at radius 2 is 0.875 bits per heavy atom. The van der Waals surface area contributed by atoms with Gasteiger partial charge in [0.2, 0.25) is 0 Å². The summed E-state index contributed by atoms with van der Waals surface area (Å²) in [5.41, 5.74) is 3.24. The molecule has 2 aromatic rings. The fourth-order valence-corrected chi connectivity index (χ4v) is 9.46. The zero-order valence-electron chi connectivity index (χ0n) is 16.2. The molecular formula is C22H32Si2. The van der Waals surface area contributed by atoms with Gasteiger partial charge in [0.1, 0.15) is 0 Å². The van der Waals surface area contributed by atoms with Crippen LogP contribution in [0.1, 0.15) is 13.8 Å². The molecule has 0 atom stereocenters. The lowest BCUT2D eigenvalue weighted by Gasteiger charge is -2.27. The van der Waals surface area contributed by atoms with Gasteiger partial charge in [0, 0.05) is 0 Å². The standard InChI is InChI=1S/C22H32Si2/c1-19(17-23(3,4)21-13-9-7-10-14-21)20(2)18-24(5,6)22-15-11-8-12-16-22/h7-16H,17-18H2,1-6H3/b20-19+. The molecule has 2 heteroatoms. The van der Waals surface area contributed by atoms with E-state index in [4.69, 9.17) is 0 Å². The minimum absolute atomic E-state index is 1.27. The van der Waals surface area contributed by atoms with Crippen LogP contribution in [0.25, 0.3) is 0 Å². The van der Waals surface area contributed by atoms with Crippen LogP contribution in [0.4, 0.5) is 0 Å². The van der Waals surface area contributed by atoms with E-state index in [9.17, 15) is 0 Å². The lowest BCUT2D eigenvalue weighted by atomic mass is 10.2. The summed E-state index contributed by atoms with van der Waals surface area (Å²) in [5, 5.41) is 3.13. The van der Waals surface area contributed by atoms with Gasteiger partial charge in [-0.3, -0.25) is 0 Å². The van der Waals surface area contributed by atoms with Crippen LogP contribution in [0.3, 0.4) is 0 Å². The van der Waals surface area contributed by atoms with Crippen LogP contribution in [-0.4, -0.2) is 16.1 Å². The molecule has 128 valence electrons. The fourth-order valence-electron chi connectivity index (χ4n) is 3.61. The summed E-state index contributed by atoms with van der Waals surface area (Å²) in [7, 11) is -2.80. The van der Waals surface area contributed by atoms with Crippen molar-refractivity contribution in [2.75, 3.05) is 0 Å². The Morgan fingerprint density at radius 1 is 0.583 bits per heavy atom. The third kappa shape index (κ3) is 4.81. The molecule has 0 bridgehead atoms. The van der Waals surface area contributed by atoms with E-state index in [2.05, 4.69) is 101 Å². The highest BCUT2D eigenvalue weighted by Gasteiger charge is 2.27. The van der Waals surface area contributed by atoms with Gasteiger partial charge in [-0.05, 0) is 25.9 Å². The average molecular weight is 353 g/mol. The minimum atomic E-state index is -1.40. The summed E-state index contributed by atoms with van der Waals surface area (Å²) in [4.78, 5) is 0. The Hall–Kier alpha value is -1.39. The van der Waals surface area contributed by atoms with Gasteiger partial charge in [-0.2, -0.15) is 0 Å². The summed E-state index contributed by atoms with van der Waals surface area (Å²) < 4.78 is 0. The number of allylic oxidation sites excluding steroid dienone is 2. The van der Waals surface area contributed by atoms with Crippen molar-refractivity contribution in [3.8, 4) is 0 Å². The molecule has 0 N–H and O–H groups in total. The lowest BCUT2D eigenvalue weighted by Crippen LogP contribution is -2.42. The normalized spacial score (nSPS) is 13.6. The maximum absolute atomic E-state index is 2.50. The van der Waals surface area contributed by atoms with Crippen LogP contribution in [0, 0.1) is 0 Å². The highest BCUT2D eigenvalue weighted by molar-refractivity contribution is 6.91. The molecule has 24 heavy (non-hydrogen) atoms. The molecule has 0 saturated heterocycles. The van der Waals surface area contributed by atoms with Gasteiger partial charge < -0.3 is 0 Å². The molecule has 2 rings (SSSR count). The second kappa shape index (κ2) is 7.67. The topological polar surface area (TPSA) is 0 Å². The third-order valence-electron chi connectivity index (χ3n) is 5.25. The highest BCUT2D eigenvalue weighted by Crippen LogP contribution is 2.25. The van der Waals surface area contributed by atoms with Crippen molar-refractivity contribution < 1.29 is 0 Å². The SMILES string of the molecule is C/C(C[Si](C)(C)c1ccccc1)=C(/C)C[Si](C)(C)c1ccccc1. The Bertz CT molecular complexity index is 621. The zero-order valence-corrected chi connectivity index (χ0v) is 18.2.